The summed E-state index contributed by atoms with van der Waals surface area (Å²) in [6.07, 6.45) is 2.33. The minimum atomic E-state index is -1.81. The standard InChI is InChI=1S/C20H30O5/c1-10-7-14-13(19(14,3)4)6-5-12(9-21)17(23)15-16(22)11(2)8-20(15,25)18(10)24/h5,7,11,13-17,21-23,25H,6,8-9H2,1-4H3/b10-7+,12-5-. The van der Waals surface area contributed by atoms with Gasteiger partial charge in [-0.2, -0.15) is 0 Å². The number of aliphatic hydroxyl groups excluding tert-OH is 3. The van der Waals surface area contributed by atoms with Gasteiger partial charge in [-0.05, 0) is 54.1 Å². The third-order valence-electron chi connectivity index (χ3n) is 6.99. The summed E-state index contributed by atoms with van der Waals surface area (Å²) in [4.78, 5) is 13.1. The summed E-state index contributed by atoms with van der Waals surface area (Å²) < 4.78 is 0. The first-order chi connectivity index (χ1) is 11.6. The van der Waals surface area contributed by atoms with Gasteiger partial charge in [0.05, 0.1) is 24.7 Å². The number of hydrogen-bond donors (Lipinski definition) is 4. The van der Waals surface area contributed by atoms with Crippen molar-refractivity contribution in [3.8, 4) is 0 Å². The predicted molar refractivity (Wildman–Crippen MR) is 93.5 cm³/mol. The van der Waals surface area contributed by atoms with Crippen LogP contribution >= 0.6 is 0 Å². The van der Waals surface area contributed by atoms with Gasteiger partial charge in [0, 0.05) is 0 Å². The number of fused-ring (bicyclic) bond motifs is 2. The number of allylic oxidation sites excluding steroid dienone is 2. The molecule has 2 fully saturated rings. The molecule has 0 bridgehead atoms. The van der Waals surface area contributed by atoms with Crippen molar-refractivity contribution in [1.29, 1.82) is 0 Å². The van der Waals surface area contributed by atoms with Crippen LogP contribution in [0, 0.1) is 29.1 Å². The maximum absolute atomic E-state index is 13.1. The fourth-order valence-corrected chi connectivity index (χ4v) is 5.12. The fourth-order valence-electron chi connectivity index (χ4n) is 5.12. The van der Waals surface area contributed by atoms with Crippen LogP contribution in [0.25, 0.3) is 0 Å². The molecule has 3 rings (SSSR count). The molecule has 0 amide bonds. The van der Waals surface area contributed by atoms with Gasteiger partial charge in [-0.25, -0.2) is 0 Å². The number of carbonyl (C=O) groups excluding carboxylic acids is 1. The lowest BCUT2D eigenvalue weighted by Crippen LogP contribution is -2.51. The Balaban J connectivity index is 2.10. The Morgan fingerprint density at radius 1 is 1.28 bits per heavy atom. The van der Waals surface area contributed by atoms with Gasteiger partial charge in [0.2, 0.25) is 0 Å². The van der Waals surface area contributed by atoms with Crippen LogP contribution in [0.15, 0.2) is 23.3 Å². The molecule has 25 heavy (non-hydrogen) atoms. The van der Waals surface area contributed by atoms with E-state index in [4.69, 9.17) is 0 Å². The Morgan fingerprint density at radius 2 is 1.92 bits per heavy atom. The monoisotopic (exact) mass is 350 g/mol. The van der Waals surface area contributed by atoms with Crippen molar-refractivity contribution in [1.82, 2.24) is 0 Å². The molecule has 7 atom stereocenters. The first-order valence-corrected chi connectivity index (χ1v) is 9.17. The van der Waals surface area contributed by atoms with Crippen LogP contribution in [0.3, 0.4) is 0 Å². The number of ketones is 1. The maximum Gasteiger partial charge on any atom is 0.190 e. The van der Waals surface area contributed by atoms with Crippen LogP contribution in [0.1, 0.15) is 40.5 Å². The zero-order chi connectivity index (χ0) is 18.7. The number of Topliss-reactive ketones (excluding diaryl/α,β-unsaturated/α-hetero) is 1. The number of aliphatic hydroxyl groups is 4. The molecule has 7 unspecified atom stereocenters. The van der Waals surface area contributed by atoms with Gasteiger partial charge in [0.1, 0.15) is 5.60 Å². The van der Waals surface area contributed by atoms with Gasteiger partial charge in [0.15, 0.2) is 5.78 Å². The largest absolute Gasteiger partial charge is 0.392 e. The van der Waals surface area contributed by atoms with Gasteiger partial charge < -0.3 is 20.4 Å². The molecule has 0 radical (unpaired) electrons. The summed E-state index contributed by atoms with van der Waals surface area (Å²) in [7, 11) is 0. The van der Waals surface area contributed by atoms with Crippen LogP contribution in [0.5, 0.6) is 0 Å². The summed E-state index contributed by atoms with van der Waals surface area (Å²) in [5, 5.41) is 42.3. The van der Waals surface area contributed by atoms with E-state index in [9.17, 15) is 25.2 Å². The smallest absolute Gasteiger partial charge is 0.190 e. The fraction of sp³-hybridized carbons (Fsp3) is 0.750. The van der Waals surface area contributed by atoms with E-state index < -0.39 is 29.5 Å². The van der Waals surface area contributed by atoms with Crippen molar-refractivity contribution in [2.24, 2.45) is 29.1 Å². The highest BCUT2D eigenvalue weighted by Crippen LogP contribution is 2.61. The third kappa shape index (κ3) is 2.72. The molecule has 3 aliphatic rings. The minimum absolute atomic E-state index is 0.0489. The molecular weight excluding hydrogens is 320 g/mol. The highest BCUT2D eigenvalue weighted by molar-refractivity contribution is 6.02. The summed E-state index contributed by atoms with van der Waals surface area (Å²) in [6, 6.07) is 0. The Kier molecular flexibility index (Phi) is 4.52. The van der Waals surface area contributed by atoms with Crippen molar-refractivity contribution < 1.29 is 25.2 Å². The molecule has 0 saturated heterocycles. The SMILES string of the molecule is C/C1=C\C2C(C/C=C(/CO)C(O)C3C(O)C(C)CC3(O)C1=O)C2(C)C. The predicted octanol–water partition coefficient (Wildman–Crippen LogP) is 1.21. The number of carbonyl (C=O) groups is 1. The van der Waals surface area contributed by atoms with Gasteiger partial charge in [-0.3, -0.25) is 4.79 Å². The molecule has 0 heterocycles. The van der Waals surface area contributed by atoms with E-state index in [0.717, 1.165) is 0 Å². The average molecular weight is 350 g/mol. The third-order valence-corrected chi connectivity index (χ3v) is 6.99. The Bertz CT molecular complexity index is 634. The lowest BCUT2D eigenvalue weighted by atomic mass is 9.77. The second kappa shape index (κ2) is 6.02. The van der Waals surface area contributed by atoms with Crippen molar-refractivity contribution in [2.75, 3.05) is 6.61 Å². The first kappa shape index (κ1) is 18.8. The number of rotatable bonds is 1. The van der Waals surface area contributed by atoms with Crippen molar-refractivity contribution >= 4 is 5.78 Å². The maximum atomic E-state index is 13.1. The molecule has 0 aromatic rings. The summed E-state index contributed by atoms with van der Waals surface area (Å²) in [5.74, 6) is -1.19. The molecule has 0 aromatic heterocycles. The lowest BCUT2D eigenvalue weighted by molar-refractivity contribution is -0.144. The molecule has 3 aliphatic carbocycles. The van der Waals surface area contributed by atoms with E-state index in [2.05, 4.69) is 13.8 Å². The molecule has 5 heteroatoms. The topological polar surface area (TPSA) is 98.0 Å². The molecule has 2 saturated carbocycles. The summed E-state index contributed by atoms with van der Waals surface area (Å²) >= 11 is 0. The van der Waals surface area contributed by atoms with Crippen LogP contribution in [0.2, 0.25) is 0 Å². The summed E-state index contributed by atoms with van der Waals surface area (Å²) in [5.41, 5.74) is -0.890. The summed E-state index contributed by atoms with van der Waals surface area (Å²) in [6.45, 7) is 7.41. The molecular formula is C20H30O5. The van der Waals surface area contributed by atoms with Gasteiger partial charge >= 0.3 is 0 Å². The van der Waals surface area contributed by atoms with Gasteiger partial charge in [0.25, 0.3) is 0 Å². The van der Waals surface area contributed by atoms with E-state index in [-0.39, 0.29) is 30.3 Å². The van der Waals surface area contributed by atoms with E-state index in [1.54, 1.807) is 13.8 Å². The molecule has 0 spiro atoms. The first-order valence-electron chi connectivity index (χ1n) is 9.17. The van der Waals surface area contributed by atoms with Crippen LogP contribution < -0.4 is 0 Å². The Morgan fingerprint density at radius 3 is 2.52 bits per heavy atom. The van der Waals surface area contributed by atoms with E-state index in [1.807, 2.05) is 12.2 Å². The molecule has 0 aliphatic heterocycles. The second-order valence-electron chi connectivity index (χ2n) is 8.87. The minimum Gasteiger partial charge on any atom is -0.392 e. The van der Waals surface area contributed by atoms with E-state index in [0.29, 0.717) is 23.5 Å². The van der Waals surface area contributed by atoms with Crippen LogP contribution in [-0.2, 0) is 4.79 Å². The molecule has 4 N–H and O–H groups in total. The Hall–Kier alpha value is -1.01. The Labute approximate surface area is 149 Å². The van der Waals surface area contributed by atoms with Crippen molar-refractivity contribution in [3.63, 3.8) is 0 Å². The van der Waals surface area contributed by atoms with Crippen molar-refractivity contribution in [3.05, 3.63) is 23.3 Å². The zero-order valence-corrected chi connectivity index (χ0v) is 15.4. The zero-order valence-electron chi connectivity index (χ0n) is 15.4. The molecule has 0 aromatic carbocycles. The van der Waals surface area contributed by atoms with Gasteiger partial charge in [-0.15, -0.1) is 0 Å². The number of hydrogen-bond acceptors (Lipinski definition) is 5. The van der Waals surface area contributed by atoms with Crippen molar-refractivity contribution in [2.45, 2.75) is 58.3 Å². The quantitative estimate of drug-likeness (QED) is 0.533. The van der Waals surface area contributed by atoms with Crippen LogP contribution in [0.4, 0.5) is 0 Å². The van der Waals surface area contributed by atoms with Gasteiger partial charge in [-0.1, -0.05) is 32.9 Å². The lowest BCUT2D eigenvalue weighted by Gasteiger charge is -2.34. The van der Waals surface area contributed by atoms with E-state index in [1.165, 1.54) is 0 Å². The highest BCUT2D eigenvalue weighted by atomic mass is 16.3. The second-order valence-corrected chi connectivity index (χ2v) is 8.87. The van der Waals surface area contributed by atoms with E-state index >= 15 is 0 Å². The average Bonchev–Trinajstić information content (AvgIpc) is 2.94. The highest BCUT2D eigenvalue weighted by Gasteiger charge is 2.60. The normalized spacial score (nSPS) is 50.6. The molecule has 5 nitrogen and oxygen atoms in total. The molecule has 140 valence electrons. The van der Waals surface area contributed by atoms with Crippen LogP contribution in [-0.4, -0.2) is 50.6 Å².